The molecule has 670 valence electrons. The van der Waals surface area contributed by atoms with E-state index in [-0.39, 0.29) is 100 Å². The zero-order valence-corrected chi connectivity index (χ0v) is 71.8. The van der Waals surface area contributed by atoms with Gasteiger partial charge in [-0.25, -0.2) is 9.59 Å². The number of likely N-dealkylation sites (tertiary alicyclic amines) is 1. The third-order valence-corrected chi connectivity index (χ3v) is 21.2. The van der Waals surface area contributed by atoms with E-state index in [1.54, 1.807) is 91.8 Å². The van der Waals surface area contributed by atoms with Crippen molar-refractivity contribution in [2.45, 2.75) is 198 Å². The highest BCUT2D eigenvalue weighted by Crippen LogP contribution is 2.24. The standard InChI is InChI=1S/C89H111ClN20O16/c1-51(2)40-67(79(116)100-66(20-11-14-36-93-52(3)4)87(124)110-39-15-21-75(110)86(123)96-53(5)77(91)114)101-81(118)69(43-57-27-34-63(35-28-57)99-88(92)125)103-82(119)70(44-56-25-32-62(33-26-56)98-78(115)72-46-76(113)108-89(126)107-72)104-85(122)74(50-111)106-84(121)73(49-109(47-64-18-9-12-37-94-64)48-65-19-10-13-38-95-65)105-83(120)71(42-55-23-30-61(90)31-24-55)102-80(117)68(97-54(6)112)45-58-22-29-59-16-7-8-17-60(59)41-58/h7-10,12-13,16-19,22-35,37-38,41,51-53,66-75,93,111H,11,14-15,20-21,36,39-40,42-50H2,1-6H3,(H2,91,114)(H,96,123)(H,97,112)(H,98,115)(H,100,116)(H,101,118)(H,102,117)(H,103,119)(H,104,122)(H,105,120)(H,106,121)(H3,92,99,125)(H2,107,108,113,126)/t53-,66+,67+,68-,69-,70+,71-,72+,73-,74+,75+/m1/s1. The van der Waals surface area contributed by atoms with Crippen LogP contribution in [0.4, 0.5) is 21.0 Å². The van der Waals surface area contributed by atoms with Gasteiger partial charge in [-0.3, -0.25) is 82.5 Å². The lowest BCUT2D eigenvalue weighted by molar-refractivity contribution is -0.142. The molecule has 0 aliphatic carbocycles. The molecule has 17 amide bonds. The molecule has 9 rings (SSSR count). The second kappa shape index (κ2) is 47.5. The molecule has 37 heteroatoms. The van der Waals surface area contributed by atoms with Gasteiger partial charge < -0.3 is 90.6 Å². The van der Waals surface area contributed by atoms with Gasteiger partial charge in [-0.05, 0) is 152 Å². The van der Waals surface area contributed by atoms with Crippen LogP contribution in [-0.4, -0.2) is 212 Å². The van der Waals surface area contributed by atoms with E-state index >= 15 is 28.8 Å². The number of rotatable bonds is 45. The number of aliphatic hydroxyl groups is 1. The number of hydrogen-bond acceptors (Lipinski definition) is 20. The lowest BCUT2D eigenvalue weighted by Crippen LogP contribution is -2.62. The van der Waals surface area contributed by atoms with Crippen LogP contribution in [-0.2, 0) is 101 Å². The summed E-state index contributed by atoms with van der Waals surface area (Å²) in [5.41, 5.74) is 14.2. The number of imide groups is 1. The monoisotopic (exact) mass is 1750 g/mol. The fourth-order valence-electron chi connectivity index (χ4n) is 14.5. The van der Waals surface area contributed by atoms with E-state index in [9.17, 15) is 48.3 Å². The highest BCUT2D eigenvalue weighted by atomic mass is 35.5. The number of amides is 17. The molecule has 2 aliphatic rings. The third-order valence-electron chi connectivity index (χ3n) is 21.0. The Labute approximate surface area is 734 Å². The van der Waals surface area contributed by atoms with Gasteiger partial charge in [0.2, 0.25) is 76.8 Å². The number of urea groups is 2. The minimum atomic E-state index is -1.97. The van der Waals surface area contributed by atoms with Crippen molar-refractivity contribution in [3.05, 3.63) is 203 Å². The van der Waals surface area contributed by atoms with Crippen LogP contribution in [0.5, 0.6) is 0 Å². The summed E-state index contributed by atoms with van der Waals surface area (Å²) in [5, 5.41) is 51.0. The van der Waals surface area contributed by atoms with Crippen molar-refractivity contribution in [1.29, 1.82) is 0 Å². The molecule has 2 aliphatic heterocycles. The first kappa shape index (κ1) is 96.5. The van der Waals surface area contributed by atoms with E-state index in [1.807, 2.05) is 56.3 Å². The second-order valence-electron chi connectivity index (χ2n) is 32.0. The van der Waals surface area contributed by atoms with Gasteiger partial charge in [-0.15, -0.1) is 0 Å². The molecule has 11 atom stereocenters. The van der Waals surface area contributed by atoms with Gasteiger partial charge in [0, 0.05) is 93.6 Å². The van der Waals surface area contributed by atoms with Gasteiger partial charge in [0.25, 0.3) is 0 Å². The Morgan fingerprint density at radius 1 is 0.532 bits per heavy atom. The van der Waals surface area contributed by atoms with Crippen molar-refractivity contribution in [2.75, 3.05) is 36.9 Å². The first-order valence-electron chi connectivity index (χ1n) is 41.8. The molecule has 0 bridgehead atoms. The maximum absolute atomic E-state index is 15.7. The number of carbonyl (C=O) groups excluding carboxylic acids is 15. The quantitative estimate of drug-likeness (QED) is 0.0244. The molecular formula is C89H111ClN20O16. The highest BCUT2D eigenvalue weighted by molar-refractivity contribution is 6.30. The number of anilines is 2. The van der Waals surface area contributed by atoms with E-state index in [0.29, 0.717) is 58.9 Å². The summed E-state index contributed by atoms with van der Waals surface area (Å²) in [5.74, 6) is -11.1. The van der Waals surface area contributed by atoms with E-state index in [4.69, 9.17) is 23.1 Å². The summed E-state index contributed by atoms with van der Waals surface area (Å²) in [6.45, 7) is 9.40. The zero-order valence-electron chi connectivity index (χ0n) is 71.0. The number of nitrogens with one attached hydrogen (secondary N) is 14. The minimum Gasteiger partial charge on any atom is -0.394 e. The largest absolute Gasteiger partial charge is 0.394 e. The number of nitrogens with two attached hydrogens (primary N) is 2. The average Bonchev–Trinajstić information content (AvgIpc) is 1.57. The van der Waals surface area contributed by atoms with E-state index in [2.05, 4.69) is 84.4 Å². The summed E-state index contributed by atoms with van der Waals surface area (Å²) in [6.07, 6.45) is 3.44. The summed E-state index contributed by atoms with van der Waals surface area (Å²) in [6, 6.07) is 24.2. The Balaban J connectivity index is 1.05. The normalized spacial score (nSPS) is 15.8. The molecule has 2 saturated heterocycles. The van der Waals surface area contributed by atoms with Crippen LogP contribution in [0, 0.1) is 5.92 Å². The Morgan fingerprint density at radius 3 is 1.52 bits per heavy atom. The third kappa shape index (κ3) is 30.6. The molecule has 0 saturated carbocycles. The van der Waals surface area contributed by atoms with Crippen LogP contribution in [0.25, 0.3) is 10.8 Å². The van der Waals surface area contributed by atoms with Crippen LogP contribution in [0.15, 0.2) is 164 Å². The molecule has 0 unspecified atom stereocenters. The van der Waals surface area contributed by atoms with Crippen molar-refractivity contribution < 1.29 is 77.0 Å². The Kier molecular flexibility index (Phi) is 36.4. The number of halogens is 1. The lowest BCUT2D eigenvalue weighted by Gasteiger charge is -2.31. The lowest BCUT2D eigenvalue weighted by atomic mass is 9.99. The molecule has 126 heavy (non-hydrogen) atoms. The predicted octanol–water partition coefficient (Wildman–Crippen LogP) is 2.37. The van der Waals surface area contributed by atoms with E-state index in [1.165, 1.54) is 67.3 Å². The molecule has 4 heterocycles. The van der Waals surface area contributed by atoms with Crippen molar-refractivity contribution >= 4 is 123 Å². The summed E-state index contributed by atoms with van der Waals surface area (Å²) < 4.78 is 0. The first-order valence-corrected chi connectivity index (χ1v) is 42.1. The minimum absolute atomic E-state index is 0.0148. The molecule has 2 fully saturated rings. The number of benzene rings is 5. The number of hydrogen-bond donors (Lipinski definition) is 17. The smallest absolute Gasteiger partial charge is 0.322 e. The number of carbonyl (C=O) groups is 15. The highest BCUT2D eigenvalue weighted by Gasteiger charge is 2.41. The fourth-order valence-corrected chi connectivity index (χ4v) is 14.6. The van der Waals surface area contributed by atoms with Crippen molar-refractivity contribution in [1.82, 2.24) is 83.6 Å². The van der Waals surface area contributed by atoms with Gasteiger partial charge in [0.1, 0.15) is 66.5 Å². The van der Waals surface area contributed by atoms with Crippen LogP contribution < -0.4 is 85.9 Å². The molecular weight excluding hydrogens is 1640 g/mol. The summed E-state index contributed by atoms with van der Waals surface area (Å²) in [4.78, 5) is 223. The topological polar surface area (TPSA) is 529 Å². The maximum atomic E-state index is 15.7. The Morgan fingerprint density at radius 2 is 1.01 bits per heavy atom. The SMILES string of the molecule is CC(=O)N[C@H](Cc1ccc2ccccc2c1)C(=O)N[C@H](Cc1ccc(Cl)cc1)C(=O)N[C@H](CN(Cc1ccccn1)Cc1ccccn1)C(=O)N[C@@H](CO)C(=O)N[C@@H](Cc1ccc(NC(=O)[C@@H]2CC(=O)NC(=O)N2)cc1)C(=O)N[C@H](Cc1ccc(NC(N)=O)cc1)C(=O)N[C@@H](CC(C)C)C(=O)N[C@@H](CCCCNC(C)C)C(=O)N1CCC[C@H]1C(=O)N[C@H](C)C(N)=O. The van der Waals surface area contributed by atoms with Crippen molar-refractivity contribution in [2.24, 2.45) is 17.4 Å². The maximum Gasteiger partial charge on any atom is 0.322 e. The van der Waals surface area contributed by atoms with Gasteiger partial charge in [-0.2, -0.15) is 0 Å². The fraction of sp³-hybridized carbons (Fsp3) is 0.404. The number of fused-ring (bicyclic) bond motifs is 1. The Bertz CT molecular complexity index is 4920. The van der Waals surface area contributed by atoms with Crippen LogP contribution in [0.2, 0.25) is 5.02 Å². The van der Waals surface area contributed by atoms with Gasteiger partial charge in [0.15, 0.2) is 0 Å². The first-order chi connectivity index (χ1) is 60.2. The molecule has 2 aromatic heterocycles. The van der Waals surface area contributed by atoms with E-state index in [0.717, 1.165) is 10.8 Å². The van der Waals surface area contributed by atoms with Gasteiger partial charge in [-0.1, -0.05) is 130 Å². The van der Waals surface area contributed by atoms with Gasteiger partial charge in [0.05, 0.1) is 24.4 Å². The summed E-state index contributed by atoms with van der Waals surface area (Å²) in [7, 11) is 0. The molecule has 7 aromatic rings. The summed E-state index contributed by atoms with van der Waals surface area (Å²) >= 11 is 6.35. The molecule has 5 aromatic carbocycles. The second-order valence-corrected chi connectivity index (χ2v) is 32.4. The number of aliphatic hydroxyl groups excluding tert-OH is 1. The van der Waals surface area contributed by atoms with Crippen molar-refractivity contribution in [3.8, 4) is 0 Å². The van der Waals surface area contributed by atoms with Crippen molar-refractivity contribution in [3.63, 3.8) is 0 Å². The van der Waals surface area contributed by atoms with E-state index < -0.39 is 168 Å². The number of pyridine rings is 2. The van der Waals surface area contributed by atoms with Crippen LogP contribution in [0.1, 0.15) is 120 Å². The van der Waals surface area contributed by atoms with Crippen LogP contribution >= 0.6 is 11.6 Å². The number of unbranched alkanes of at least 4 members (excludes halogenated alkanes) is 1. The molecule has 0 radical (unpaired) electrons. The predicted molar refractivity (Wildman–Crippen MR) is 469 cm³/mol. The molecule has 0 spiro atoms. The number of nitrogens with zero attached hydrogens (tertiary/aromatic N) is 4. The van der Waals surface area contributed by atoms with Gasteiger partial charge >= 0.3 is 12.1 Å². The zero-order chi connectivity index (χ0) is 91.1. The Hall–Kier alpha value is -13.3. The average molecular weight is 1750 g/mol. The van der Waals surface area contributed by atoms with Crippen LogP contribution in [0.3, 0.4) is 0 Å². The number of primary amides is 2. The number of aromatic nitrogens is 2. The molecule has 36 nitrogen and oxygen atoms in total. The molecule has 19 N–H and O–H groups in total.